The Kier molecular flexibility index (Phi) is 10.6. The van der Waals surface area contributed by atoms with Gasteiger partial charge in [0.15, 0.2) is 0 Å². The van der Waals surface area contributed by atoms with Crippen LogP contribution in [0, 0.1) is 5.92 Å². The van der Waals surface area contributed by atoms with Gasteiger partial charge in [-0.1, -0.05) is 19.1 Å². The van der Waals surface area contributed by atoms with Crippen LogP contribution in [0.15, 0.2) is 24.3 Å². The Hall–Kier alpha value is -0.970. The van der Waals surface area contributed by atoms with Gasteiger partial charge in [-0.3, -0.25) is 4.79 Å². The predicted molar refractivity (Wildman–Crippen MR) is 85.3 cm³/mol. The molecule has 1 unspecified atom stereocenters. The van der Waals surface area contributed by atoms with Crippen LogP contribution in [0.25, 0.3) is 0 Å². The van der Waals surface area contributed by atoms with Crippen LogP contribution in [0.1, 0.15) is 12.5 Å². The lowest BCUT2D eigenvalue weighted by atomic mass is 10.1. The van der Waals surface area contributed by atoms with Gasteiger partial charge in [-0.15, -0.1) is 24.8 Å². The number of amides is 1. The monoisotopic (exact) mass is 307 g/mol. The fourth-order valence-corrected chi connectivity index (χ4v) is 1.42. The minimum atomic E-state index is -0.132. The van der Waals surface area contributed by atoms with E-state index in [9.17, 15) is 4.79 Å². The number of nitrogens with two attached hydrogens (primary N) is 1. The second-order valence-electron chi connectivity index (χ2n) is 4.42. The number of halogens is 2. The summed E-state index contributed by atoms with van der Waals surface area (Å²) in [5, 5.41) is 2.88. The van der Waals surface area contributed by atoms with E-state index in [1.807, 2.05) is 44.1 Å². The van der Waals surface area contributed by atoms with E-state index < -0.39 is 0 Å². The highest BCUT2D eigenvalue weighted by atomic mass is 35.5. The molecule has 1 atom stereocenters. The lowest BCUT2D eigenvalue weighted by molar-refractivity contribution is -0.124. The molecule has 1 aromatic rings. The molecule has 0 radical (unpaired) electrons. The molecule has 1 rings (SSSR count). The Morgan fingerprint density at radius 3 is 2.53 bits per heavy atom. The Labute approximate surface area is 127 Å². The van der Waals surface area contributed by atoms with Crippen LogP contribution in [0.4, 0.5) is 5.69 Å². The van der Waals surface area contributed by atoms with Crippen LogP contribution in [-0.4, -0.2) is 26.5 Å². The van der Waals surface area contributed by atoms with Gasteiger partial charge in [-0.05, 0) is 17.7 Å². The molecule has 3 N–H and O–H groups in total. The summed E-state index contributed by atoms with van der Waals surface area (Å²) in [7, 11) is 3.99. The molecule has 6 heteroatoms. The number of hydrogen-bond donors (Lipinski definition) is 2. The molecule has 0 spiro atoms. The third-order valence-corrected chi connectivity index (χ3v) is 2.69. The average Bonchev–Trinajstić information content (AvgIpc) is 2.35. The van der Waals surface area contributed by atoms with Crippen molar-refractivity contribution in [1.29, 1.82) is 0 Å². The van der Waals surface area contributed by atoms with Gasteiger partial charge in [-0.2, -0.15) is 0 Å². The average molecular weight is 308 g/mol. The SMILES string of the molecule is CC(CN)C(=O)NCc1cccc(N(C)C)c1.Cl.Cl. The molecule has 0 aliphatic heterocycles. The molecule has 0 aliphatic carbocycles. The first kappa shape index (κ1) is 20.3. The van der Waals surface area contributed by atoms with Crippen molar-refractivity contribution in [2.45, 2.75) is 13.5 Å². The van der Waals surface area contributed by atoms with E-state index in [-0.39, 0.29) is 36.6 Å². The van der Waals surface area contributed by atoms with Crippen LogP contribution in [0.5, 0.6) is 0 Å². The highest BCUT2D eigenvalue weighted by Crippen LogP contribution is 2.13. The van der Waals surface area contributed by atoms with Gasteiger partial charge >= 0.3 is 0 Å². The number of rotatable bonds is 5. The maximum Gasteiger partial charge on any atom is 0.224 e. The number of benzene rings is 1. The number of carbonyl (C=O) groups excluding carboxylic acids is 1. The Bertz CT molecular complexity index is 386. The number of hydrogen-bond acceptors (Lipinski definition) is 3. The molecule has 0 fully saturated rings. The smallest absolute Gasteiger partial charge is 0.224 e. The van der Waals surface area contributed by atoms with Crippen molar-refractivity contribution in [2.75, 3.05) is 25.5 Å². The van der Waals surface area contributed by atoms with Gasteiger partial charge in [0.05, 0.1) is 0 Å². The quantitative estimate of drug-likeness (QED) is 0.872. The van der Waals surface area contributed by atoms with E-state index in [1.165, 1.54) is 0 Å². The first-order valence-electron chi connectivity index (χ1n) is 5.78. The zero-order chi connectivity index (χ0) is 12.8. The first-order valence-corrected chi connectivity index (χ1v) is 5.78. The molecule has 1 aromatic carbocycles. The van der Waals surface area contributed by atoms with Crippen LogP contribution < -0.4 is 16.0 Å². The second kappa shape index (κ2) is 9.89. The third kappa shape index (κ3) is 6.66. The molecule has 110 valence electrons. The maximum absolute atomic E-state index is 11.6. The van der Waals surface area contributed by atoms with E-state index in [4.69, 9.17) is 5.73 Å². The molecule has 0 saturated carbocycles. The molecule has 0 bridgehead atoms. The summed E-state index contributed by atoms with van der Waals surface area (Å²) in [5.74, 6) is -0.130. The summed E-state index contributed by atoms with van der Waals surface area (Å²) in [5.41, 5.74) is 7.66. The molecule has 1 amide bonds. The fourth-order valence-electron chi connectivity index (χ4n) is 1.42. The van der Waals surface area contributed by atoms with E-state index >= 15 is 0 Å². The molecular formula is C13H23Cl2N3O. The zero-order valence-corrected chi connectivity index (χ0v) is 13.2. The lowest BCUT2D eigenvalue weighted by Gasteiger charge is -2.14. The largest absolute Gasteiger partial charge is 0.378 e. The normalized spacial score (nSPS) is 10.7. The van der Waals surface area contributed by atoms with E-state index in [2.05, 4.69) is 11.4 Å². The molecule has 0 aliphatic rings. The number of nitrogens with one attached hydrogen (secondary N) is 1. The number of nitrogens with zero attached hydrogens (tertiary/aromatic N) is 1. The molecular weight excluding hydrogens is 285 g/mol. The van der Waals surface area contributed by atoms with Crippen molar-refractivity contribution in [3.8, 4) is 0 Å². The Morgan fingerprint density at radius 2 is 2.00 bits per heavy atom. The standard InChI is InChI=1S/C13H21N3O.2ClH/c1-10(8-14)13(17)15-9-11-5-4-6-12(7-11)16(2)3;;/h4-7,10H,8-9,14H2,1-3H3,(H,15,17);2*1H. The van der Waals surface area contributed by atoms with Crippen molar-refractivity contribution in [3.05, 3.63) is 29.8 Å². The van der Waals surface area contributed by atoms with Gasteiger partial charge in [0.2, 0.25) is 5.91 Å². The van der Waals surface area contributed by atoms with E-state index in [1.54, 1.807) is 0 Å². The van der Waals surface area contributed by atoms with Crippen molar-refractivity contribution < 1.29 is 4.79 Å². The summed E-state index contributed by atoms with van der Waals surface area (Å²) in [4.78, 5) is 13.6. The Balaban J connectivity index is 0. The summed E-state index contributed by atoms with van der Waals surface area (Å²) >= 11 is 0. The lowest BCUT2D eigenvalue weighted by Crippen LogP contribution is -2.32. The van der Waals surface area contributed by atoms with Gasteiger partial charge < -0.3 is 16.0 Å². The fraction of sp³-hybridized carbons (Fsp3) is 0.462. The minimum absolute atomic E-state index is 0. The summed E-state index contributed by atoms with van der Waals surface area (Å²) < 4.78 is 0. The summed E-state index contributed by atoms with van der Waals surface area (Å²) in [6.45, 7) is 2.75. The van der Waals surface area contributed by atoms with Crippen LogP contribution in [0.2, 0.25) is 0 Å². The topological polar surface area (TPSA) is 58.4 Å². The molecule has 19 heavy (non-hydrogen) atoms. The molecule has 0 heterocycles. The van der Waals surface area contributed by atoms with Crippen molar-refractivity contribution in [1.82, 2.24) is 5.32 Å². The van der Waals surface area contributed by atoms with Gasteiger partial charge in [0.1, 0.15) is 0 Å². The minimum Gasteiger partial charge on any atom is -0.378 e. The van der Waals surface area contributed by atoms with Crippen molar-refractivity contribution in [2.24, 2.45) is 11.7 Å². The van der Waals surface area contributed by atoms with Gasteiger partial charge in [0, 0.05) is 38.8 Å². The Morgan fingerprint density at radius 1 is 1.37 bits per heavy atom. The highest BCUT2D eigenvalue weighted by Gasteiger charge is 2.09. The summed E-state index contributed by atoms with van der Waals surface area (Å²) in [6, 6.07) is 8.09. The summed E-state index contributed by atoms with van der Waals surface area (Å²) in [6.07, 6.45) is 0. The molecule has 4 nitrogen and oxygen atoms in total. The second-order valence-corrected chi connectivity index (χ2v) is 4.42. The van der Waals surface area contributed by atoms with Crippen LogP contribution >= 0.6 is 24.8 Å². The highest BCUT2D eigenvalue weighted by molar-refractivity contribution is 5.85. The van der Waals surface area contributed by atoms with Crippen LogP contribution in [0.3, 0.4) is 0 Å². The number of anilines is 1. The van der Waals surface area contributed by atoms with E-state index in [0.717, 1.165) is 11.3 Å². The molecule has 0 saturated heterocycles. The molecule has 0 aromatic heterocycles. The number of carbonyl (C=O) groups is 1. The third-order valence-electron chi connectivity index (χ3n) is 2.69. The first-order chi connectivity index (χ1) is 8.04. The maximum atomic E-state index is 11.6. The van der Waals surface area contributed by atoms with Gasteiger partial charge in [-0.25, -0.2) is 0 Å². The van der Waals surface area contributed by atoms with Crippen LogP contribution in [-0.2, 0) is 11.3 Å². The van der Waals surface area contributed by atoms with Gasteiger partial charge in [0.25, 0.3) is 0 Å². The van der Waals surface area contributed by atoms with Crippen molar-refractivity contribution in [3.63, 3.8) is 0 Å². The van der Waals surface area contributed by atoms with E-state index in [0.29, 0.717) is 13.1 Å². The predicted octanol–water partition coefficient (Wildman–Crippen LogP) is 1.81. The van der Waals surface area contributed by atoms with Crippen molar-refractivity contribution >= 4 is 36.4 Å². The zero-order valence-electron chi connectivity index (χ0n) is 11.6.